The van der Waals surface area contributed by atoms with Crippen LogP contribution in [0, 0.1) is 0 Å². The summed E-state index contributed by atoms with van der Waals surface area (Å²) in [4.78, 5) is 0. The van der Waals surface area contributed by atoms with Gasteiger partial charge in [-0.15, -0.1) is 0 Å². The number of hydrogen-bond acceptors (Lipinski definition) is 5. The van der Waals surface area contributed by atoms with Gasteiger partial charge in [0, 0.05) is 13.2 Å². The molecule has 0 saturated carbocycles. The molecule has 0 N–H and O–H groups in total. The molecule has 1 aromatic heterocycles. The first-order chi connectivity index (χ1) is 10.3. The van der Waals surface area contributed by atoms with Crippen LogP contribution in [0.3, 0.4) is 0 Å². The largest absolute Gasteiger partial charge is 0.491 e. The average molecular weight is 287 g/mol. The van der Waals surface area contributed by atoms with Crippen LogP contribution in [0.15, 0.2) is 34.9 Å². The molecule has 0 spiro atoms. The Morgan fingerprint density at radius 3 is 3.05 bits per heavy atom. The number of rotatable bonds is 7. The van der Waals surface area contributed by atoms with Crippen LogP contribution in [-0.2, 0) is 16.1 Å². The number of epoxide rings is 1. The second-order valence-electron chi connectivity index (χ2n) is 4.83. The summed E-state index contributed by atoms with van der Waals surface area (Å²) < 4.78 is 21.0. The summed E-state index contributed by atoms with van der Waals surface area (Å²) in [5.74, 6) is 1.53. The molecule has 1 aliphatic heterocycles. The number of methoxy groups -OCH3 is 1. The zero-order valence-corrected chi connectivity index (χ0v) is 11.8. The topological polar surface area (TPSA) is 57.0 Å². The predicted octanol–water partition coefficient (Wildman–Crippen LogP) is 2.77. The molecule has 0 aliphatic carbocycles. The fourth-order valence-electron chi connectivity index (χ4n) is 1.86. The van der Waals surface area contributed by atoms with E-state index in [1.165, 1.54) is 0 Å². The highest BCUT2D eigenvalue weighted by atomic mass is 16.6. The van der Waals surface area contributed by atoms with Crippen molar-refractivity contribution in [3.63, 3.8) is 0 Å². The SMILES string of the molecule is COCc1cc(/C=C/c2cccc(OCC3CO3)c2)on1. The molecule has 0 amide bonds. The lowest BCUT2D eigenvalue weighted by atomic mass is 10.2. The van der Waals surface area contributed by atoms with Crippen molar-refractivity contribution in [2.45, 2.75) is 12.7 Å². The highest BCUT2D eigenvalue weighted by molar-refractivity contribution is 5.68. The summed E-state index contributed by atoms with van der Waals surface area (Å²) in [5.41, 5.74) is 1.81. The lowest BCUT2D eigenvalue weighted by Gasteiger charge is -2.04. The van der Waals surface area contributed by atoms with E-state index in [0.717, 1.165) is 23.6 Å². The number of ether oxygens (including phenoxy) is 3. The fraction of sp³-hybridized carbons (Fsp3) is 0.312. The Kier molecular flexibility index (Phi) is 4.33. The van der Waals surface area contributed by atoms with Gasteiger partial charge in [-0.3, -0.25) is 0 Å². The summed E-state index contributed by atoms with van der Waals surface area (Å²) in [7, 11) is 1.63. The molecule has 0 radical (unpaired) electrons. The molecular weight excluding hydrogens is 270 g/mol. The summed E-state index contributed by atoms with van der Waals surface area (Å²) in [6.45, 7) is 1.86. The third-order valence-electron chi connectivity index (χ3n) is 3.01. The Bertz CT molecular complexity index is 616. The van der Waals surface area contributed by atoms with Gasteiger partial charge in [-0.2, -0.15) is 0 Å². The quantitative estimate of drug-likeness (QED) is 0.733. The van der Waals surface area contributed by atoms with E-state index in [1.54, 1.807) is 7.11 Å². The molecule has 110 valence electrons. The first kappa shape index (κ1) is 13.9. The van der Waals surface area contributed by atoms with Crippen molar-refractivity contribution in [2.24, 2.45) is 0 Å². The zero-order valence-electron chi connectivity index (χ0n) is 11.8. The zero-order chi connectivity index (χ0) is 14.5. The second-order valence-corrected chi connectivity index (χ2v) is 4.83. The first-order valence-electron chi connectivity index (χ1n) is 6.80. The fourth-order valence-corrected chi connectivity index (χ4v) is 1.86. The van der Waals surface area contributed by atoms with Gasteiger partial charge in [-0.05, 0) is 23.8 Å². The molecule has 3 rings (SSSR count). The van der Waals surface area contributed by atoms with Crippen LogP contribution >= 0.6 is 0 Å². The minimum absolute atomic E-state index is 0.262. The summed E-state index contributed by atoms with van der Waals surface area (Å²) in [5, 5.41) is 3.90. The van der Waals surface area contributed by atoms with Crippen LogP contribution in [0.4, 0.5) is 0 Å². The van der Waals surface area contributed by atoms with Crippen molar-refractivity contribution < 1.29 is 18.7 Å². The van der Waals surface area contributed by atoms with E-state index < -0.39 is 0 Å². The third kappa shape index (κ3) is 4.18. The minimum atomic E-state index is 0.262. The van der Waals surface area contributed by atoms with Crippen molar-refractivity contribution in [3.05, 3.63) is 47.3 Å². The minimum Gasteiger partial charge on any atom is -0.491 e. The number of benzene rings is 1. The third-order valence-corrected chi connectivity index (χ3v) is 3.01. The monoisotopic (exact) mass is 287 g/mol. The molecule has 21 heavy (non-hydrogen) atoms. The van der Waals surface area contributed by atoms with Crippen LogP contribution in [0.1, 0.15) is 17.0 Å². The standard InChI is InChI=1S/C16H17NO4/c1-18-9-13-8-15(21-17-13)6-5-12-3-2-4-14(7-12)19-10-16-11-20-16/h2-8,16H,9-11H2,1H3/b6-5+. The predicted molar refractivity (Wildman–Crippen MR) is 77.8 cm³/mol. The first-order valence-corrected chi connectivity index (χ1v) is 6.80. The van der Waals surface area contributed by atoms with Crippen LogP contribution in [0.2, 0.25) is 0 Å². The molecular formula is C16H17NO4. The lowest BCUT2D eigenvalue weighted by Crippen LogP contribution is -2.03. The Labute approximate surface area is 123 Å². The maximum atomic E-state index is 5.65. The van der Waals surface area contributed by atoms with Gasteiger partial charge in [-0.1, -0.05) is 23.4 Å². The van der Waals surface area contributed by atoms with Crippen molar-refractivity contribution in [1.82, 2.24) is 5.16 Å². The van der Waals surface area contributed by atoms with Crippen molar-refractivity contribution in [1.29, 1.82) is 0 Å². The molecule has 1 unspecified atom stereocenters. The van der Waals surface area contributed by atoms with Crippen LogP contribution in [-0.4, -0.2) is 31.6 Å². The Balaban J connectivity index is 1.62. The molecule has 1 aliphatic rings. The maximum absolute atomic E-state index is 5.65. The van der Waals surface area contributed by atoms with Crippen molar-refractivity contribution in [3.8, 4) is 5.75 Å². The van der Waals surface area contributed by atoms with Gasteiger partial charge in [-0.25, -0.2) is 0 Å². The summed E-state index contributed by atoms with van der Waals surface area (Å²) in [6.07, 6.45) is 4.09. The van der Waals surface area contributed by atoms with Gasteiger partial charge < -0.3 is 18.7 Å². The molecule has 5 heteroatoms. The van der Waals surface area contributed by atoms with Gasteiger partial charge in [0.1, 0.15) is 24.2 Å². The Morgan fingerprint density at radius 1 is 1.33 bits per heavy atom. The molecule has 1 atom stereocenters. The van der Waals surface area contributed by atoms with Gasteiger partial charge in [0.05, 0.1) is 13.2 Å². The number of hydrogen-bond donors (Lipinski definition) is 0. The van der Waals surface area contributed by atoms with E-state index in [-0.39, 0.29) is 6.10 Å². The van der Waals surface area contributed by atoms with Gasteiger partial charge in [0.2, 0.25) is 0 Å². The summed E-state index contributed by atoms with van der Waals surface area (Å²) >= 11 is 0. The highest BCUT2D eigenvalue weighted by Gasteiger charge is 2.22. The Morgan fingerprint density at radius 2 is 2.24 bits per heavy atom. The number of aromatic nitrogens is 1. The molecule has 1 saturated heterocycles. The average Bonchev–Trinajstić information content (AvgIpc) is 3.23. The number of nitrogens with zero attached hydrogens (tertiary/aromatic N) is 1. The van der Waals surface area contributed by atoms with Crippen LogP contribution in [0.5, 0.6) is 5.75 Å². The molecule has 1 aromatic carbocycles. The van der Waals surface area contributed by atoms with E-state index in [4.69, 9.17) is 18.7 Å². The van der Waals surface area contributed by atoms with Crippen molar-refractivity contribution >= 4 is 12.2 Å². The van der Waals surface area contributed by atoms with E-state index in [9.17, 15) is 0 Å². The van der Waals surface area contributed by atoms with Crippen LogP contribution in [0.25, 0.3) is 12.2 Å². The molecule has 1 fully saturated rings. The van der Waals surface area contributed by atoms with E-state index in [1.807, 2.05) is 42.5 Å². The van der Waals surface area contributed by atoms with E-state index in [2.05, 4.69) is 5.16 Å². The molecule has 0 bridgehead atoms. The van der Waals surface area contributed by atoms with Gasteiger partial charge in [0.25, 0.3) is 0 Å². The maximum Gasteiger partial charge on any atom is 0.160 e. The molecule has 5 nitrogen and oxygen atoms in total. The Hall–Kier alpha value is -2.11. The van der Waals surface area contributed by atoms with E-state index in [0.29, 0.717) is 19.0 Å². The van der Waals surface area contributed by atoms with Gasteiger partial charge >= 0.3 is 0 Å². The smallest absolute Gasteiger partial charge is 0.160 e. The normalized spacial score (nSPS) is 17.3. The lowest BCUT2D eigenvalue weighted by molar-refractivity contribution is 0.177. The second kappa shape index (κ2) is 6.56. The highest BCUT2D eigenvalue weighted by Crippen LogP contribution is 2.18. The summed E-state index contributed by atoms with van der Waals surface area (Å²) in [6, 6.07) is 9.73. The van der Waals surface area contributed by atoms with Crippen LogP contribution < -0.4 is 4.74 Å². The molecule has 2 aromatic rings. The molecule has 2 heterocycles. The van der Waals surface area contributed by atoms with Gasteiger partial charge in [0.15, 0.2) is 5.76 Å². The van der Waals surface area contributed by atoms with E-state index >= 15 is 0 Å². The van der Waals surface area contributed by atoms with Crippen molar-refractivity contribution in [2.75, 3.05) is 20.3 Å².